The summed E-state index contributed by atoms with van der Waals surface area (Å²) in [6.07, 6.45) is 0. The van der Waals surface area contributed by atoms with Gasteiger partial charge in [-0.1, -0.05) is 19.9 Å². The minimum atomic E-state index is -2.64. The Labute approximate surface area is 100 Å². The standard InChI is InChI=1S/C13H22O2S/c1-9(2)13-7-6-12(8-11(13)5)16(14,15)10(3)4/h6-10,14-15H,1-5H3. The Morgan fingerprint density at radius 3 is 2.00 bits per heavy atom. The van der Waals surface area contributed by atoms with Gasteiger partial charge in [0.1, 0.15) is 0 Å². The Morgan fingerprint density at radius 1 is 1.06 bits per heavy atom. The van der Waals surface area contributed by atoms with Gasteiger partial charge in [-0.3, -0.25) is 9.11 Å². The molecule has 0 amide bonds. The third kappa shape index (κ3) is 2.59. The van der Waals surface area contributed by atoms with Crippen LogP contribution in [-0.4, -0.2) is 14.4 Å². The van der Waals surface area contributed by atoms with E-state index in [-0.39, 0.29) is 5.25 Å². The molecule has 92 valence electrons. The maximum Gasteiger partial charge on any atom is 0.0589 e. The molecule has 0 aliphatic heterocycles. The van der Waals surface area contributed by atoms with Crippen LogP contribution in [0.3, 0.4) is 0 Å². The van der Waals surface area contributed by atoms with Gasteiger partial charge in [0, 0.05) is 5.25 Å². The summed E-state index contributed by atoms with van der Waals surface area (Å²) in [5.74, 6) is 0.467. The molecule has 1 rings (SSSR count). The van der Waals surface area contributed by atoms with Crippen molar-refractivity contribution >= 4 is 10.6 Å². The SMILES string of the molecule is Cc1cc(S(O)(O)C(C)C)ccc1C(C)C. The smallest absolute Gasteiger partial charge is 0.0589 e. The van der Waals surface area contributed by atoms with Gasteiger partial charge >= 0.3 is 0 Å². The average molecular weight is 242 g/mol. The lowest BCUT2D eigenvalue weighted by Crippen LogP contribution is -2.11. The first-order valence-corrected chi connectivity index (χ1v) is 7.25. The van der Waals surface area contributed by atoms with Crippen LogP contribution in [0.1, 0.15) is 44.7 Å². The molecule has 0 radical (unpaired) electrons. The molecule has 0 unspecified atom stereocenters. The van der Waals surface area contributed by atoms with Gasteiger partial charge in [0.25, 0.3) is 0 Å². The first kappa shape index (κ1) is 13.6. The molecule has 0 bridgehead atoms. The zero-order valence-electron chi connectivity index (χ0n) is 10.7. The maximum absolute atomic E-state index is 10.1. The molecule has 3 heteroatoms. The second kappa shape index (κ2) is 4.78. The monoisotopic (exact) mass is 242 g/mol. The molecule has 0 fully saturated rings. The number of aryl methyl sites for hydroxylation is 1. The fourth-order valence-corrected chi connectivity index (χ4v) is 2.92. The van der Waals surface area contributed by atoms with Crippen molar-refractivity contribution in [3.8, 4) is 0 Å². The normalized spacial score (nSPS) is 13.6. The summed E-state index contributed by atoms with van der Waals surface area (Å²) >= 11 is 0. The summed E-state index contributed by atoms with van der Waals surface area (Å²) < 4.78 is 20.1. The molecule has 2 N–H and O–H groups in total. The van der Waals surface area contributed by atoms with Gasteiger partial charge in [-0.05, 0) is 49.9 Å². The van der Waals surface area contributed by atoms with Crippen LogP contribution in [0.2, 0.25) is 0 Å². The predicted molar refractivity (Wildman–Crippen MR) is 71.5 cm³/mol. The molecule has 0 saturated carbocycles. The van der Waals surface area contributed by atoms with Gasteiger partial charge in [0.05, 0.1) is 4.90 Å². The Morgan fingerprint density at radius 2 is 1.62 bits per heavy atom. The van der Waals surface area contributed by atoms with Crippen LogP contribution in [0.5, 0.6) is 0 Å². The summed E-state index contributed by atoms with van der Waals surface area (Å²) in [7, 11) is -2.64. The van der Waals surface area contributed by atoms with Crippen molar-refractivity contribution in [1.82, 2.24) is 0 Å². The highest BCUT2D eigenvalue weighted by molar-refractivity contribution is 8.24. The van der Waals surface area contributed by atoms with Crippen LogP contribution >= 0.6 is 10.6 Å². The molecule has 0 spiro atoms. The lowest BCUT2D eigenvalue weighted by molar-refractivity contribution is 0.476. The topological polar surface area (TPSA) is 40.5 Å². The fraction of sp³-hybridized carbons (Fsp3) is 0.538. The van der Waals surface area contributed by atoms with Crippen molar-refractivity contribution in [2.24, 2.45) is 0 Å². The summed E-state index contributed by atoms with van der Waals surface area (Å²) in [4.78, 5) is 0.657. The maximum atomic E-state index is 10.1. The Kier molecular flexibility index (Phi) is 4.05. The van der Waals surface area contributed by atoms with Crippen LogP contribution in [-0.2, 0) is 0 Å². The molecule has 0 aliphatic rings. The number of hydrogen-bond acceptors (Lipinski definition) is 2. The zero-order valence-corrected chi connectivity index (χ0v) is 11.5. The van der Waals surface area contributed by atoms with Crippen molar-refractivity contribution in [1.29, 1.82) is 0 Å². The molecule has 0 heterocycles. The van der Waals surface area contributed by atoms with Gasteiger partial charge in [-0.25, -0.2) is 0 Å². The zero-order chi connectivity index (χ0) is 12.5. The largest absolute Gasteiger partial charge is 0.295 e. The van der Waals surface area contributed by atoms with Gasteiger partial charge in [0.2, 0.25) is 0 Å². The van der Waals surface area contributed by atoms with Crippen LogP contribution in [0.25, 0.3) is 0 Å². The Balaban J connectivity index is 3.16. The molecule has 0 saturated heterocycles. The van der Waals surface area contributed by atoms with Crippen molar-refractivity contribution in [2.75, 3.05) is 0 Å². The highest BCUT2D eigenvalue weighted by Gasteiger charge is 2.20. The lowest BCUT2D eigenvalue weighted by atomic mass is 9.98. The lowest BCUT2D eigenvalue weighted by Gasteiger charge is -2.37. The molecule has 0 atom stereocenters. The quantitative estimate of drug-likeness (QED) is 0.811. The summed E-state index contributed by atoms with van der Waals surface area (Å²) in [5.41, 5.74) is 2.40. The average Bonchev–Trinajstić information content (AvgIpc) is 2.16. The van der Waals surface area contributed by atoms with Crippen molar-refractivity contribution in [3.05, 3.63) is 29.3 Å². The molecule has 1 aromatic carbocycles. The molecular weight excluding hydrogens is 220 g/mol. The second-order valence-corrected chi connectivity index (χ2v) is 7.41. The second-order valence-electron chi connectivity index (χ2n) is 4.81. The van der Waals surface area contributed by atoms with Gasteiger partial charge in [0.15, 0.2) is 0 Å². The molecule has 16 heavy (non-hydrogen) atoms. The predicted octanol–water partition coefficient (Wildman–Crippen LogP) is 4.64. The van der Waals surface area contributed by atoms with Gasteiger partial charge < -0.3 is 0 Å². The Bertz CT molecular complexity index is 370. The first-order valence-electron chi connectivity index (χ1n) is 5.64. The van der Waals surface area contributed by atoms with E-state index in [4.69, 9.17) is 0 Å². The minimum absolute atomic E-state index is 0.142. The van der Waals surface area contributed by atoms with Crippen LogP contribution in [0, 0.1) is 6.92 Å². The van der Waals surface area contributed by atoms with E-state index in [1.54, 1.807) is 0 Å². The summed E-state index contributed by atoms with van der Waals surface area (Å²) in [5, 5.41) is -0.142. The summed E-state index contributed by atoms with van der Waals surface area (Å²) in [6, 6.07) is 5.76. The van der Waals surface area contributed by atoms with E-state index in [1.807, 2.05) is 39.0 Å². The van der Waals surface area contributed by atoms with Crippen molar-refractivity contribution < 1.29 is 9.11 Å². The summed E-state index contributed by atoms with van der Waals surface area (Å²) in [6.45, 7) is 9.97. The van der Waals surface area contributed by atoms with E-state index >= 15 is 0 Å². The van der Waals surface area contributed by atoms with Gasteiger partial charge in [-0.15, -0.1) is 0 Å². The third-order valence-electron chi connectivity index (χ3n) is 2.87. The van der Waals surface area contributed by atoms with Crippen LogP contribution in [0.4, 0.5) is 0 Å². The minimum Gasteiger partial charge on any atom is -0.295 e. The Hall–Kier alpha value is -0.510. The molecule has 1 aromatic rings. The highest BCUT2D eigenvalue weighted by Crippen LogP contribution is 2.52. The van der Waals surface area contributed by atoms with Crippen molar-refractivity contribution in [2.45, 2.75) is 50.7 Å². The number of benzene rings is 1. The van der Waals surface area contributed by atoms with Crippen molar-refractivity contribution in [3.63, 3.8) is 0 Å². The molecular formula is C13H22O2S. The first-order chi connectivity index (χ1) is 7.26. The van der Waals surface area contributed by atoms with Crippen LogP contribution in [0.15, 0.2) is 23.1 Å². The molecule has 2 nitrogen and oxygen atoms in total. The highest BCUT2D eigenvalue weighted by atomic mass is 32.3. The fourth-order valence-electron chi connectivity index (χ4n) is 1.76. The van der Waals surface area contributed by atoms with E-state index in [0.717, 1.165) is 5.56 Å². The molecule has 0 aliphatic carbocycles. The van der Waals surface area contributed by atoms with E-state index in [9.17, 15) is 9.11 Å². The van der Waals surface area contributed by atoms with E-state index in [2.05, 4.69) is 13.8 Å². The third-order valence-corrected chi connectivity index (χ3v) is 5.13. The van der Waals surface area contributed by atoms with Gasteiger partial charge in [-0.2, -0.15) is 10.6 Å². The number of rotatable bonds is 3. The number of hydrogen-bond donors (Lipinski definition) is 2. The van der Waals surface area contributed by atoms with E-state index in [0.29, 0.717) is 10.8 Å². The van der Waals surface area contributed by atoms with Crippen LogP contribution < -0.4 is 0 Å². The van der Waals surface area contributed by atoms with E-state index in [1.165, 1.54) is 5.56 Å². The molecule has 0 aromatic heterocycles. The van der Waals surface area contributed by atoms with E-state index < -0.39 is 10.6 Å².